The molecule has 4 aromatic rings. The second-order valence-corrected chi connectivity index (χ2v) is 10.1. The predicted molar refractivity (Wildman–Crippen MR) is 122 cm³/mol. The van der Waals surface area contributed by atoms with Gasteiger partial charge in [0.25, 0.3) is 5.56 Å². The van der Waals surface area contributed by atoms with Crippen molar-refractivity contribution in [1.29, 1.82) is 0 Å². The number of hydrogen-bond donors (Lipinski definition) is 0. The summed E-state index contributed by atoms with van der Waals surface area (Å²) in [5.74, 6) is 1.44. The normalized spacial score (nSPS) is 16.1. The van der Waals surface area contributed by atoms with Gasteiger partial charge >= 0.3 is 0 Å². The van der Waals surface area contributed by atoms with E-state index in [0.717, 1.165) is 46.7 Å². The van der Waals surface area contributed by atoms with Gasteiger partial charge in [0.1, 0.15) is 16.4 Å². The van der Waals surface area contributed by atoms with Crippen molar-refractivity contribution in [2.75, 3.05) is 0 Å². The molecule has 0 amide bonds. The number of rotatable bonds is 4. The highest BCUT2D eigenvalue weighted by atomic mass is 32.2. The summed E-state index contributed by atoms with van der Waals surface area (Å²) in [6.45, 7) is 6.00. The molecule has 1 aliphatic carbocycles. The molecule has 0 N–H and O–H groups in total. The number of aromatic nitrogens is 3. The average molecular weight is 456 g/mol. The van der Waals surface area contributed by atoms with Crippen molar-refractivity contribution >= 4 is 33.3 Å². The van der Waals surface area contributed by atoms with E-state index in [1.54, 1.807) is 29.5 Å². The lowest BCUT2D eigenvalue weighted by atomic mass is 9.89. The van der Waals surface area contributed by atoms with Crippen molar-refractivity contribution in [3.8, 4) is 5.69 Å². The Morgan fingerprint density at radius 2 is 2.13 bits per heavy atom. The average Bonchev–Trinajstić information content (AvgIpc) is 3.26. The maximum atomic E-state index is 14.8. The van der Waals surface area contributed by atoms with E-state index in [0.29, 0.717) is 22.2 Å². The number of thiophene rings is 1. The summed E-state index contributed by atoms with van der Waals surface area (Å²) in [5, 5.41) is 5.14. The van der Waals surface area contributed by atoms with Gasteiger partial charge in [0.05, 0.1) is 16.8 Å². The van der Waals surface area contributed by atoms with Crippen LogP contribution in [0.15, 0.2) is 38.7 Å². The van der Waals surface area contributed by atoms with Gasteiger partial charge in [-0.3, -0.25) is 9.36 Å². The lowest BCUT2D eigenvalue weighted by Crippen LogP contribution is -2.23. The molecule has 3 aromatic heterocycles. The van der Waals surface area contributed by atoms with Gasteiger partial charge in [-0.05, 0) is 56.7 Å². The Morgan fingerprint density at radius 1 is 1.32 bits per heavy atom. The summed E-state index contributed by atoms with van der Waals surface area (Å²) in [4.78, 5) is 20.6. The lowest BCUT2D eigenvalue weighted by molar-refractivity contribution is 0.392. The van der Waals surface area contributed by atoms with Gasteiger partial charge in [0.15, 0.2) is 5.16 Å². The maximum absolute atomic E-state index is 14.8. The Bertz CT molecular complexity index is 1340. The third kappa shape index (κ3) is 3.51. The third-order valence-corrected chi connectivity index (χ3v) is 8.03. The topological polar surface area (TPSA) is 60.9 Å². The summed E-state index contributed by atoms with van der Waals surface area (Å²) >= 11 is 3.01. The van der Waals surface area contributed by atoms with Crippen LogP contribution in [0.5, 0.6) is 0 Å². The quantitative estimate of drug-likeness (QED) is 0.296. The standard InChI is InChI=1S/C23H22FN3O2S2/c1-12-8-9-15-19(10-12)31-21-20(15)22(28)27(18-7-5-4-6-17(18)24)23(25-21)30-11-16-13(2)26-29-14(16)3/h4-7,12H,8-11H2,1-3H3. The second kappa shape index (κ2) is 7.91. The zero-order chi connectivity index (χ0) is 21.7. The van der Waals surface area contributed by atoms with Gasteiger partial charge in [0, 0.05) is 16.2 Å². The van der Waals surface area contributed by atoms with Gasteiger partial charge in [-0.15, -0.1) is 11.3 Å². The van der Waals surface area contributed by atoms with Crippen molar-refractivity contribution in [2.45, 2.75) is 50.9 Å². The number of hydrogen-bond acceptors (Lipinski definition) is 6. The van der Waals surface area contributed by atoms with E-state index in [4.69, 9.17) is 9.51 Å². The molecule has 5 nitrogen and oxygen atoms in total. The fourth-order valence-electron chi connectivity index (χ4n) is 4.16. The van der Waals surface area contributed by atoms with Gasteiger partial charge in [0.2, 0.25) is 0 Å². The van der Waals surface area contributed by atoms with Gasteiger partial charge < -0.3 is 4.52 Å². The Morgan fingerprint density at radius 3 is 2.87 bits per heavy atom. The van der Waals surface area contributed by atoms with Crippen molar-refractivity contribution in [3.05, 3.63) is 67.9 Å². The zero-order valence-electron chi connectivity index (χ0n) is 17.6. The molecule has 1 aliphatic rings. The molecule has 1 unspecified atom stereocenters. The summed E-state index contributed by atoms with van der Waals surface area (Å²) in [6.07, 6.45) is 2.90. The first-order valence-electron chi connectivity index (χ1n) is 10.3. The number of thioether (sulfide) groups is 1. The van der Waals surface area contributed by atoms with Crippen LogP contribution in [0.25, 0.3) is 15.9 Å². The molecule has 1 aromatic carbocycles. The highest BCUT2D eigenvalue weighted by molar-refractivity contribution is 7.98. The molecule has 0 saturated carbocycles. The highest BCUT2D eigenvalue weighted by Crippen LogP contribution is 2.37. The molecule has 8 heteroatoms. The molecule has 5 rings (SSSR count). The highest BCUT2D eigenvalue weighted by Gasteiger charge is 2.26. The van der Waals surface area contributed by atoms with Crippen LogP contribution in [-0.2, 0) is 18.6 Å². The molecule has 3 heterocycles. The molecule has 0 saturated heterocycles. The molecule has 1 atom stereocenters. The molecular weight excluding hydrogens is 433 g/mol. The minimum Gasteiger partial charge on any atom is -0.361 e. The van der Waals surface area contributed by atoms with Crippen LogP contribution in [-0.4, -0.2) is 14.7 Å². The predicted octanol–water partition coefficient (Wildman–Crippen LogP) is 5.61. The van der Waals surface area contributed by atoms with Crippen LogP contribution >= 0.6 is 23.1 Å². The summed E-state index contributed by atoms with van der Waals surface area (Å²) in [7, 11) is 0. The molecule has 0 fully saturated rings. The van der Waals surface area contributed by atoms with Crippen LogP contribution in [0, 0.1) is 25.6 Å². The monoisotopic (exact) mass is 455 g/mol. The van der Waals surface area contributed by atoms with Crippen LogP contribution in [0.3, 0.4) is 0 Å². The second-order valence-electron chi connectivity index (χ2n) is 8.11. The van der Waals surface area contributed by atoms with E-state index < -0.39 is 5.82 Å². The van der Waals surface area contributed by atoms with E-state index in [1.807, 2.05) is 13.8 Å². The molecule has 31 heavy (non-hydrogen) atoms. The Kier molecular flexibility index (Phi) is 5.22. The van der Waals surface area contributed by atoms with Crippen molar-refractivity contribution in [2.24, 2.45) is 5.92 Å². The van der Waals surface area contributed by atoms with Crippen molar-refractivity contribution in [3.63, 3.8) is 0 Å². The molecular formula is C23H22FN3O2S2. The number of nitrogens with zero attached hydrogens (tertiary/aromatic N) is 3. The van der Waals surface area contributed by atoms with Crippen LogP contribution < -0.4 is 5.56 Å². The third-order valence-electron chi connectivity index (χ3n) is 5.92. The smallest absolute Gasteiger partial charge is 0.267 e. The SMILES string of the molecule is Cc1noc(C)c1CSc1nc2sc3c(c2c(=O)n1-c1ccccc1F)CCC(C)C3. The van der Waals surface area contributed by atoms with Crippen LogP contribution in [0.2, 0.25) is 0 Å². The minimum atomic E-state index is -0.442. The van der Waals surface area contributed by atoms with Gasteiger partial charge in [-0.25, -0.2) is 9.37 Å². The first kappa shape index (κ1) is 20.5. The Balaban J connectivity index is 1.70. The summed E-state index contributed by atoms with van der Waals surface area (Å²) < 4.78 is 21.5. The van der Waals surface area contributed by atoms with Crippen LogP contribution in [0.4, 0.5) is 4.39 Å². The van der Waals surface area contributed by atoms with Gasteiger partial charge in [-0.1, -0.05) is 36.0 Å². The fraction of sp³-hybridized carbons (Fsp3) is 0.348. The van der Waals surface area contributed by atoms with E-state index in [9.17, 15) is 9.18 Å². The first-order chi connectivity index (χ1) is 14.9. The molecule has 0 radical (unpaired) electrons. The van der Waals surface area contributed by atoms with Crippen molar-refractivity contribution < 1.29 is 8.91 Å². The summed E-state index contributed by atoms with van der Waals surface area (Å²) in [6, 6.07) is 6.37. The minimum absolute atomic E-state index is 0.191. The largest absolute Gasteiger partial charge is 0.361 e. The van der Waals surface area contributed by atoms with Crippen LogP contribution in [0.1, 0.15) is 40.8 Å². The van der Waals surface area contributed by atoms with E-state index in [1.165, 1.54) is 27.3 Å². The maximum Gasteiger partial charge on any atom is 0.267 e. The number of aryl methyl sites for hydroxylation is 3. The van der Waals surface area contributed by atoms with Gasteiger partial charge in [-0.2, -0.15) is 0 Å². The number of para-hydroxylation sites is 1. The van der Waals surface area contributed by atoms with E-state index >= 15 is 0 Å². The molecule has 0 aliphatic heterocycles. The zero-order valence-corrected chi connectivity index (χ0v) is 19.2. The Hall–Kier alpha value is -2.45. The number of benzene rings is 1. The Labute approximate surface area is 187 Å². The fourth-order valence-corrected chi connectivity index (χ4v) is 6.74. The van der Waals surface area contributed by atoms with E-state index in [2.05, 4.69) is 12.1 Å². The number of fused-ring (bicyclic) bond motifs is 3. The summed E-state index contributed by atoms with van der Waals surface area (Å²) in [5.41, 5.74) is 2.92. The molecule has 0 spiro atoms. The molecule has 160 valence electrons. The first-order valence-corrected chi connectivity index (χ1v) is 12.1. The molecule has 0 bridgehead atoms. The number of halogens is 1. The van der Waals surface area contributed by atoms with Crippen molar-refractivity contribution in [1.82, 2.24) is 14.7 Å². The van der Waals surface area contributed by atoms with E-state index in [-0.39, 0.29) is 11.2 Å². The lowest BCUT2D eigenvalue weighted by Gasteiger charge is -2.18.